The van der Waals surface area contributed by atoms with Crippen molar-refractivity contribution in [2.24, 2.45) is 5.73 Å². The largest absolute Gasteiger partial charge is 0.326 e. The molecule has 0 amide bonds. The summed E-state index contributed by atoms with van der Waals surface area (Å²) in [7, 11) is 0. The molecule has 1 heterocycles. The lowest BCUT2D eigenvalue weighted by atomic mass is 10.1. The SMILES string of the molecule is NC(Cc1ccc(Cl)cc1Cl)CN1CCCC1. The van der Waals surface area contributed by atoms with Crippen molar-refractivity contribution in [1.29, 1.82) is 0 Å². The van der Waals surface area contributed by atoms with Crippen LogP contribution < -0.4 is 5.73 Å². The van der Waals surface area contributed by atoms with Crippen molar-refractivity contribution in [3.8, 4) is 0 Å². The molecule has 1 aliphatic rings. The highest BCUT2D eigenvalue weighted by molar-refractivity contribution is 6.35. The molecule has 0 saturated carbocycles. The molecule has 1 atom stereocenters. The van der Waals surface area contributed by atoms with Gasteiger partial charge in [0.1, 0.15) is 0 Å². The first-order valence-electron chi connectivity index (χ1n) is 6.07. The monoisotopic (exact) mass is 272 g/mol. The quantitative estimate of drug-likeness (QED) is 0.913. The van der Waals surface area contributed by atoms with Gasteiger partial charge in [0.2, 0.25) is 0 Å². The average molecular weight is 273 g/mol. The van der Waals surface area contributed by atoms with Gasteiger partial charge in [-0.3, -0.25) is 0 Å². The van der Waals surface area contributed by atoms with E-state index in [1.807, 2.05) is 12.1 Å². The molecule has 1 saturated heterocycles. The van der Waals surface area contributed by atoms with Crippen LogP contribution in [0, 0.1) is 0 Å². The lowest BCUT2D eigenvalue weighted by molar-refractivity contribution is 0.313. The van der Waals surface area contributed by atoms with E-state index in [2.05, 4.69) is 4.90 Å². The summed E-state index contributed by atoms with van der Waals surface area (Å²) < 4.78 is 0. The third-order valence-corrected chi connectivity index (χ3v) is 3.78. The first kappa shape index (κ1) is 13.2. The van der Waals surface area contributed by atoms with Gasteiger partial charge in [-0.1, -0.05) is 29.3 Å². The number of benzene rings is 1. The van der Waals surface area contributed by atoms with Crippen LogP contribution in [0.5, 0.6) is 0 Å². The minimum atomic E-state index is 0.145. The van der Waals surface area contributed by atoms with Gasteiger partial charge >= 0.3 is 0 Å². The van der Waals surface area contributed by atoms with Crippen LogP contribution >= 0.6 is 23.2 Å². The van der Waals surface area contributed by atoms with Gasteiger partial charge < -0.3 is 10.6 Å². The Morgan fingerprint density at radius 1 is 1.24 bits per heavy atom. The highest BCUT2D eigenvalue weighted by Gasteiger charge is 2.15. The van der Waals surface area contributed by atoms with Gasteiger partial charge in [0.15, 0.2) is 0 Å². The van der Waals surface area contributed by atoms with E-state index in [1.165, 1.54) is 25.9 Å². The molecule has 2 rings (SSSR count). The third kappa shape index (κ3) is 3.85. The number of halogens is 2. The van der Waals surface area contributed by atoms with E-state index in [0.717, 1.165) is 23.6 Å². The highest BCUT2D eigenvalue weighted by Crippen LogP contribution is 2.22. The van der Waals surface area contributed by atoms with Crippen molar-refractivity contribution in [3.63, 3.8) is 0 Å². The van der Waals surface area contributed by atoms with Gasteiger partial charge in [0.25, 0.3) is 0 Å². The van der Waals surface area contributed by atoms with Crippen LogP contribution in [0.3, 0.4) is 0 Å². The summed E-state index contributed by atoms with van der Waals surface area (Å²) in [5.74, 6) is 0. The van der Waals surface area contributed by atoms with Gasteiger partial charge in [-0.25, -0.2) is 0 Å². The summed E-state index contributed by atoms with van der Waals surface area (Å²) in [5, 5.41) is 1.39. The van der Waals surface area contributed by atoms with E-state index in [4.69, 9.17) is 28.9 Å². The maximum absolute atomic E-state index is 6.16. The number of nitrogens with zero attached hydrogens (tertiary/aromatic N) is 1. The van der Waals surface area contributed by atoms with Crippen LogP contribution in [-0.2, 0) is 6.42 Å². The summed E-state index contributed by atoms with van der Waals surface area (Å²) >= 11 is 12.0. The van der Waals surface area contributed by atoms with Crippen LogP contribution in [0.4, 0.5) is 0 Å². The highest BCUT2D eigenvalue weighted by atomic mass is 35.5. The number of rotatable bonds is 4. The van der Waals surface area contributed by atoms with Crippen molar-refractivity contribution in [2.75, 3.05) is 19.6 Å². The minimum absolute atomic E-state index is 0.145. The number of hydrogen-bond donors (Lipinski definition) is 1. The fraction of sp³-hybridized carbons (Fsp3) is 0.538. The van der Waals surface area contributed by atoms with Crippen LogP contribution in [0.15, 0.2) is 18.2 Å². The predicted octanol–water partition coefficient (Wildman–Crippen LogP) is 2.96. The molecule has 4 heteroatoms. The van der Waals surface area contributed by atoms with E-state index in [1.54, 1.807) is 6.07 Å². The van der Waals surface area contributed by atoms with Gasteiger partial charge in [-0.05, 0) is 50.0 Å². The van der Waals surface area contributed by atoms with Crippen LogP contribution in [0.25, 0.3) is 0 Å². The molecule has 2 N–H and O–H groups in total. The molecule has 17 heavy (non-hydrogen) atoms. The average Bonchev–Trinajstić information content (AvgIpc) is 2.75. The zero-order valence-electron chi connectivity index (χ0n) is 9.83. The molecule has 1 aromatic rings. The molecule has 1 fully saturated rings. The van der Waals surface area contributed by atoms with Gasteiger partial charge in [0, 0.05) is 22.6 Å². The molecular formula is C13H18Cl2N2. The molecule has 0 radical (unpaired) electrons. The van der Waals surface area contributed by atoms with Gasteiger partial charge in [0.05, 0.1) is 0 Å². The van der Waals surface area contributed by atoms with Gasteiger partial charge in [-0.15, -0.1) is 0 Å². The summed E-state index contributed by atoms with van der Waals surface area (Å²) in [4.78, 5) is 2.43. The molecule has 1 aromatic carbocycles. The first-order valence-corrected chi connectivity index (χ1v) is 6.82. The van der Waals surface area contributed by atoms with Crippen LogP contribution in [0.1, 0.15) is 18.4 Å². The summed E-state index contributed by atoms with van der Waals surface area (Å²) in [5.41, 5.74) is 7.25. The predicted molar refractivity (Wildman–Crippen MR) is 73.8 cm³/mol. The molecule has 0 aromatic heterocycles. The maximum atomic E-state index is 6.16. The Hall–Kier alpha value is -0.280. The molecule has 2 nitrogen and oxygen atoms in total. The fourth-order valence-electron chi connectivity index (χ4n) is 2.33. The van der Waals surface area contributed by atoms with E-state index in [-0.39, 0.29) is 6.04 Å². The zero-order valence-corrected chi connectivity index (χ0v) is 11.3. The number of nitrogens with two attached hydrogens (primary N) is 1. The lowest BCUT2D eigenvalue weighted by Gasteiger charge is -2.20. The summed E-state index contributed by atoms with van der Waals surface area (Å²) in [6.45, 7) is 3.32. The van der Waals surface area contributed by atoms with E-state index < -0.39 is 0 Å². The van der Waals surface area contributed by atoms with Crippen molar-refractivity contribution in [2.45, 2.75) is 25.3 Å². The second kappa shape index (κ2) is 6.05. The minimum Gasteiger partial charge on any atom is -0.326 e. The topological polar surface area (TPSA) is 29.3 Å². The Kier molecular flexibility index (Phi) is 4.69. The molecule has 1 aliphatic heterocycles. The van der Waals surface area contributed by atoms with Crippen LogP contribution in [0.2, 0.25) is 10.0 Å². The fourth-order valence-corrected chi connectivity index (χ4v) is 2.82. The van der Waals surface area contributed by atoms with E-state index >= 15 is 0 Å². The second-order valence-electron chi connectivity index (χ2n) is 4.71. The van der Waals surface area contributed by atoms with Crippen molar-refractivity contribution < 1.29 is 0 Å². The van der Waals surface area contributed by atoms with E-state index in [0.29, 0.717) is 5.02 Å². The Balaban J connectivity index is 1.90. The normalized spacial score (nSPS) is 18.5. The Bertz CT molecular complexity index is 376. The smallest absolute Gasteiger partial charge is 0.0453 e. The van der Waals surface area contributed by atoms with E-state index in [9.17, 15) is 0 Å². The van der Waals surface area contributed by atoms with Crippen molar-refractivity contribution >= 4 is 23.2 Å². The summed E-state index contributed by atoms with van der Waals surface area (Å²) in [6, 6.07) is 5.76. The Morgan fingerprint density at radius 3 is 2.59 bits per heavy atom. The number of hydrogen-bond acceptors (Lipinski definition) is 2. The van der Waals surface area contributed by atoms with Crippen molar-refractivity contribution in [3.05, 3.63) is 33.8 Å². The standard InChI is InChI=1S/C13H18Cl2N2/c14-11-4-3-10(13(15)8-11)7-12(16)9-17-5-1-2-6-17/h3-4,8,12H,1-2,5-7,9,16H2. The van der Waals surface area contributed by atoms with Gasteiger partial charge in [-0.2, -0.15) is 0 Å². The Morgan fingerprint density at radius 2 is 1.94 bits per heavy atom. The number of likely N-dealkylation sites (tertiary alicyclic amines) is 1. The van der Waals surface area contributed by atoms with Crippen molar-refractivity contribution in [1.82, 2.24) is 4.90 Å². The lowest BCUT2D eigenvalue weighted by Crippen LogP contribution is -2.37. The second-order valence-corrected chi connectivity index (χ2v) is 5.55. The molecule has 0 bridgehead atoms. The molecule has 0 aliphatic carbocycles. The maximum Gasteiger partial charge on any atom is 0.0453 e. The first-order chi connectivity index (χ1) is 8.15. The molecular weight excluding hydrogens is 255 g/mol. The molecule has 0 spiro atoms. The third-order valence-electron chi connectivity index (χ3n) is 3.19. The van der Waals surface area contributed by atoms with Crippen LogP contribution in [-0.4, -0.2) is 30.6 Å². The molecule has 94 valence electrons. The summed E-state index contributed by atoms with van der Waals surface area (Å²) in [6.07, 6.45) is 3.41. The zero-order chi connectivity index (χ0) is 12.3. The molecule has 1 unspecified atom stereocenters. The Labute approximate surface area is 113 Å².